The third-order valence-electron chi connectivity index (χ3n) is 11.5. The van der Waals surface area contributed by atoms with Gasteiger partial charge in [0.05, 0.1) is 22.7 Å². The Balaban J connectivity index is 0.950. The van der Waals surface area contributed by atoms with Crippen molar-refractivity contribution in [1.29, 1.82) is 0 Å². The van der Waals surface area contributed by atoms with Gasteiger partial charge >= 0.3 is 0 Å². The van der Waals surface area contributed by atoms with E-state index in [-0.39, 0.29) is 0 Å². The van der Waals surface area contributed by atoms with Crippen molar-refractivity contribution in [3.63, 3.8) is 0 Å². The first-order chi connectivity index (χ1) is 29.2. The van der Waals surface area contributed by atoms with E-state index in [2.05, 4.69) is 203 Å². The van der Waals surface area contributed by atoms with Crippen molar-refractivity contribution in [3.05, 3.63) is 212 Å². The quantitative estimate of drug-likeness (QED) is 0.169. The summed E-state index contributed by atoms with van der Waals surface area (Å²) in [7, 11) is 0. The lowest BCUT2D eigenvalue weighted by Gasteiger charge is -2.40. The fraction of sp³-hybridized carbons (Fsp3) is 0. The maximum absolute atomic E-state index is 6.38. The minimum Gasteiger partial charge on any atom is -0.456 e. The number of anilines is 9. The summed E-state index contributed by atoms with van der Waals surface area (Å²) < 4.78 is 12.8. The fourth-order valence-electron chi connectivity index (χ4n) is 8.86. The number of furan rings is 2. The predicted molar refractivity (Wildman–Crippen MR) is 244 cm³/mol. The minimum atomic E-state index is 0.847. The zero-order chi connectivity index (χ0) is 38.9. The van der Waals surface area contributed by atoms with Crippen molar-refractivity contribution in [3.8, 4) is 11.1 Å². The van der Waals surface area contributed by atoms with E-state index in [1.807, 2.05) is 24.3 Å². The Morgan fingerprint density at radius 2 is 0.729 bits per heavy atom. The molecule has 2 aromatic heterocycles. The maximum atomic E-state index is 6.38. The van der Waals surface area contributed by atoms with Crippen LogP contribution in [0.1, 0.15) is 0 Å². The molecule has 5 nitrogen and oxygen atoms in total. The molecule has 0 saturated heterocycles. The fourth-order valence-corrected chi connectivity index (χ4v) is 8.86. The molecule has 0 N–H and O–H groups in total. The van der Waals surface area contributed by atoms with Crippen molar-refractivity contribution in [2.24, 2.45) is 0 Å². The second kappa shape index (κ2) is 13.3. The third kappa shape index (κ3) is 5.40. The highest BCUT2D eigenvalue weighted by molar-refractivity contribution is 6.08. The number of para-hydroxylation sites is 7. The molecule has 0 saturated carbocycles. The summed E-state index contributed by atoms with van der Waals surface area (Å²) in [6.45, 7) is 0. The van der Waals surface area contributed by atoms with Gasteiger partial charge in [0.15, 0.2) is 0 Å². The van der Waals surface area contributed by atoms with Crippen LogP contribution in [0.4, 0.5) is 51.2 Å². The number of hydrogen-bond acceptors (Lipinski definition) is 5. The normalized spacial score (nSPS) is 12.3. The molecule has 0 spiro atoms. The molecule has 0 atom stereocenters. The Labute approximate surface area is 340 Å². The molecule has 0 radical (unpaired) electrons. The molecule has 278 valence electrons. The van der Waals surface area contributed by atoms with Gasteiger partial charge in [-0.25, -0.2) is 0 Å². The van der Waals surface area contributed by atoms with Crippen LogP contribution < -0.4 is 14.7 Å². The van der Waals surface area contributed by atoms with Gasteiger partial charge < -0.3 is 23.5 Å². The Hall–Kier alpha value is -8.02. The molecule has 0 bridgehead atoms. The van der Waals surface area contributed by atoms with E-state index in [4.69, 9.17) is 8.83 Å². The standard InChI is InChI=1S/C54H35N3O2/c1-2-14-38(15-3-1)56-47-19-6-8-21-49(47)57(50-22-9-7-20-48(50)56)40-16-12-13-37(33-40)36-25-27-39(28-26-36)55(41-29-31-45-43-17-4-10-23-51(43)58-53(45)34-41)42-30-32-46-44-18-5-11-24-52(44)59-54(46)35-42/h1-35H. The van der Waals surface area contributed by atoms with E-state index in [9.17, 15) is 0 Å². The van der Waals surface area contributed by atoms with Crippen LogP contribution in [0.15, 0.2) is 221 Å². The topological polar surface area (TPSA) is 36.0 Å². The second-order valence-electron chi connectivity index (χ2n) is 15.0. The van der Waals surface area contributed by atoms with E-state index >= 15 is 0 Å². The van der Waals surface area contributed by atoms with Crippen LogP contribution in [0, 0.1) is 0 Å². The average Bonchev–Trinajstić information content (AvgIpc) is 3.86. The summed E-state index contributed by atoms with van der Waals surface area (Å²) in [6, 6.07) is 75.0. The first-order valence-electron chi connectivity index (χ1n) is 19.9. The largest absolute Gasteiger partial charge is 0.456 e. The number of fused-ring (bicyclic) bond motifs is 8. The molecular weight excluding hydrogens is 723 g/mol. The third-order valence-corrected chi connectivity index (χ3v) is 11.5. The van der Waals surface area contributed by atoms with E-state index in [1.54, 1.807) is 0 Å². The van der Waals surface area contributed by atoms with Crippen molar-refractivity contribution >= 4 is 95.1 Å². The molecule has 1 aliphatic heterocycles. The molecule has 11 aromatic rings. The average molecular weight is 758 g/mol. The van der Waals surface area contributed by atoms with Gasteiger partial charge in [-0.1, -0.05) is 103 Å². The molecule has 5 heteroatoms. The summed E-state index contributed by atoms with van der Waals surface area (Å²) in [5, 5.41) is 4.42. The summed E-state index contributed by atoms with van der Waals surface area (Å²) in [6.07, 6.45) is 0. The zero-order valence-corrected chi connectivity index (χ0v) is 31.9. The number of nitrogens with zero attached hydrogens (tertiary/aromatic N) is 3. The van der Waals surface area contributed by atoms with E-state index in [0.717, 1.165) is 106 Å². The van der Waals surface area contributed by atoms with Crippen LogP contribution in [0.5, 0.6) is 0 Å². The van der Waals surface area contributed by atoms with Crippen LogP contribution in [-0.2, 0) is 0 Å². The Bertz CT molecular complexity index is 3200. The minimum absolute atomic E-state index is 0.847. The lowest BCUT2D eigenvalue weighted by molar-refractivity contribution is 0.669. The molecule has 0 fully saturated rings. The molecule has 1 aliphatic rings. The van der Waals surface area contributed by atoms with E-state index in [1.165, 1.54) is 0 Å². The lowest BCUT2D eigenvalue weighted by Crippen LogP contribution is -2.23. The zero-order valence-electron chi connectivity index (χ0n) is 31.9. The molecule has 0 unspecified atom stereocenters. The van der Waals surface area contributed by atoms with Crippen molar-refractivity contribution in [2.75, 3.05) is 14.7 Å². The first-order valence-corrected chi connectivity index (χ1v) is 19.9. The van der Waals surface area contributed by atoms with Gasteiger partial charge in [0.2, 0.25) is 0 Å². The Morgan fingerprint density at radius 3 is 1.29 bits per heavy atom. The van der Waals surface area contributed by atoms with Gasteiger partial charge in [0.1, 0.15) is 22.3 Å². The van der Waals surface area contributed by atoms with Gasteiger partial charge in [-0.15, -0.1) is 0 Å². The summed E-state index contributed by atoms with van der Waals surface area (Å²) in [5.41, 5.74) is 15.5. The second-order valence-corrected chi connectivity index (χ2v) is 15.0. The first kappa shape index (κ1) is 33.2. The predicted octanol–water partition coefficient (Wildman–Crippen LogP) is 15.9. The van der Waals surface area contributed by atoms with Crippen LogP contribution in [0.2, 0.25) is 0 Å². The maximum Gasteiger partial charge on any atom is 0.137 e. The molecule has 59 heavy (non-hydrogen) atoms. The molecule has 0 aliphatic carbocycles. The molecule has 9 aromatic carbocycles. The lowest BCUT2D eigenvalue weighted by atomic mass is 10.0. The van der Waals surface area contributed by atoms with Crippen molar-refractivity contribution < 1.29 is 8.83 Å². The van der Waals surface area contributed by atoms with Gasteiger partial charge in [0, 0.05) is 62.1 Å². The highest BCUT2D eigenvalue weighted by atomic mass is 16.3. The number of rotatable bonds is 6. The Morgan fingerprint density at radius 1 is 0.288 bits per heavy atom. The van der Waals surface area contributed by atoms with Gasteiger partial charge in [-0.2, -0.15) is 0 Å². The summed E-state index contributed by atoms with van der Waals surface area (Å²) in [4.78, 5) is 7.01. The van der Waals surface area contributed by atoms with Crippen LogP contribution in [0.3, 0.4) is 0 Å². The van der Waals surface area contributed by atoms with Crippen molar-refractivity contribution in [1.82, 2.24) is 0 Å². The van der Waals surface area contributed by atoms with Crippen LogP contribution in [0.25, 0.3) is 55.0 Å². The van der Waals surface area contributed by atoms with Crippen LogP contribution in [-0.4, -0.2) is 0 Å². The van der Waals surface area contributed by atoms with Gasteiger partial charge in [-0.3, -0.25) is 0 Å². The monoisotopic (exact) mass is 757 g/mol. The molecular formula is C54H35N3O2. The van der Waals surface area contributed by atoms with Gasteiger partial charge in [0.25, 0.3) is 0 Å². The molecule has 3 heterocycles. The Kier molecular flexibility index (Phi) is 7.47. The highest BCUT2D eigenvalue weighted by Crippen LogP contribution is 2.54. The molecule has 12 rings (SSSR count). The highest BCUT2D eigenvalue weighted by Gasteiger charge is 2.30. The number of hydrogen-bond donors (Lipinski definition) is 0. The smallest absolute Gasteiger partial charge is 0.137 e. The van der Waals surface area contributed by atoms with Crippen LogP contribution >= 0.6 is 0 Å². The van der Waals surface area contributed by atoms with E-state index in [0.29, 0.717) is 0 Å². The molecule has 0 amide bonds. The van der Waals surface area contributed by atoms with E-state index < -0.39 is 0 Å². The summed E-state index contributed by atoms with van der Waals surface area (Å²) >= 11 is 0. The SMILES string of the molecule is c1ccc(N2c3ccccc3N(c3cccc(-c4ccc(N(c5ccc6c(c5)oc5ccccc56)c5ccc6c(c5)oc5ccccc56)cc4)c3)c3ccccc32)cc1. The summed E-state index contributed by atoms with van der Waals surface area (Å²) in [5.74, 6) is 0. The van der Waals surface area contributed by atoms with Crippen molar-refractivity contribution in [2.45, 2.75) is 0 Å². The van der Waals surface area contributed by atoms with Gasteiger partial charge in [-0.05, 0) is 108 Å². The number of benzene rings is 9.